The number of carbonyl (C=O) groups excluding carboxylic acids is 1. The van der Waals surface area contributed by atoms with Crippen molar-refractivity contribution in [1.29, 1.82) is 0 Å². The summed E-state index contributed by atoms with van der Waals surface area (Å²) >= 11 is 1.29. The molecule has 0 unspecified atom stereocenters. The van der Waals surface area contributed by atoms with E-state index < -0.39 is 0 Å². The zero-order valence-electron chi connectivity index (χ0n) is 14.1. The molecule has 0 atom stereocenters. The maximum atomic E-state index is 12.0. The van der Waals surface area contributed by atoms with Crippen LogP contribution in [0.1, 0.15) is 48.1 Å². The lowest BCUT2D eigenvalue weighted by Gasteiger charge is -2.02. The molecule has 6 heteroatoms. The van der Waals surface area contributed by atoms with Gasteiger partial charge in [0.25, 0.3) is 5.91 Å². The largest absolute Gasteiger partial charge is 0.397 e. The normalized spacial score (nSPS) is 9.32. The van der Waals surface area contributed by atoms with Crippen molar-refractivity contribution in [2.75, 3.05) is 12.3 Å². The average molecular weight is 322 g/mol. The molecule has 0 aliphatic carbocycles. The highest BCUT2D eigenvalue weighted by atomic mass is 32.1. The smallest absolute Gasteiger partial charge is 0.263 e. The molecule has 0 aliphatic rings. The summed E-state index contributed by atoms with van der Waals surface area (Å²) in [5.41, 5.74) is 8.41. The van der Waals surface area contributed by atoms with Crippen LogP contribution in [0.2, 0.25) is 0 Å². The number of carbonyl (C=O) groups is 1. The number of nitrogen functional groups attached to an aromatic ring is 1. The molecular formula is C16H26N4OS. The van der Waals surface area contributed by atoms with Crippen LogP contribution in [-0.2, 0) is 0 Å². The second kappa shape index (κ2) is 9.89. The van der Waals surface area contributed by atoms with Crippen LogP contribution in [0, 0.1) is 13.8 Å². The van der Waals surface area contributed by atoms with Gasteiger partial charge in [-0.05, 0) is 25.8 Å². The molecule has 22 heavy (non-hydrogen) atoms. The van der Waals surface area contributed by atoms with E-state index in [0.29, 0.717) is 17.1 Å². The Hall–Kier alpha value is -1.95. The lowest BCUT2D eigenvalue weighted by molar-refractivity contribution is 0.0958. The Morgan fingerprint density at radius 2 is 1.86 bits per heavy atom. The van der Waals surface area contributed by atoms with E-state index in [1.807, 2.05) is 34.6 Å². The highest BCUT2D eigenvalue weighted by Crippen LogP contribution is 2.34. The van der Waals surface area contributed by atoms with Gasteiger partial charge < -0.3 is 11.1 Å². The SMILES string of the molecule is C=C.CC.CCCNC(=O)c1sc2nnc(C)c(C)c2c1N. The Labute approximate surface area is 136 Å². The number of nitrogens with zero attached hydrogens (tertiary/aromatic N) is 2. The molecule has 0 fully saturated rings. The van der Waals surface area contributed by atoms with Crippen molar-refractivity contribution >= 4 is 33.1 Å². The summed E-state index contributed by atoms with van der Waals surface area (Å²) < 4.78 is 0. The van der Waals surface area contributed by atoms with Crippen molar-refractivity contribution in [2.45, 2.75) is 41.0 Å². The monoisotopic (exact) mass is 322 g/mol. The maximum Gasteiger partial charge on any atom is 0.263 e. The molecule has 0 bridgehead atoms. The summed E-state index contributed by atoms with van der Waals surface area (Å²) in [4.78, 5) is 13.2. The molecule has 2 aromatic rings. The van der Waals surface area contributed by atoms with Gasteiger partial charge in [-0.25, -0.2) is 0 Å². The van der Waals surface area contributed by atoms with Crippen LogP contribution in [0.3, 0.4) is 0 Å². The van der Waals surface area contributed by atoms with E-state index in [4.69, 9.17) is 5.73 Å². The number of rotatable bonds is 3. The van der Waals surface area contributed by atoms with Crippen molar-refractivity contribution in [3.05, 3.63) is 29.3 Å². The van der Waals surface area contributed by atoms with E-state index in [2.05, 4.69) is 28.7 Å². The molecule has 0 radical (unpaired) electrons. The number of nitrogens with two attached hydrogens (primary N) is 1. The molecule has 2 rings (SSSR count). The van der Waals surface area contributed by atoms with E-state index in [0.717, 1.165) is 27.9 Å². The average Bonchev–Trinajstić information content (AvgIpc) is 2.90. The summed E-state index contributed by atoms with van der Waals surface area (Å²) in [6.07, 6.45) is 0.897. The minimum Gasteiger partial charge on any atom is -0.397 e. The molecule has 2 heterocycles. The van der Waals surface area contributed by atoms with Gasteiger partial charge in [-0.3, -0.25) is 4.79 Å². The number of hydrogen-bond donors (Lipinski definition) is 2. The van der Waals surface area contributed by atoms with Crippen molar-refractivity contribution in [3.63, 3.8) is 0 Å². The highest BCUT2D eigenvalue weighted by molar-refractivity contribution is 7.21. The first-order chi connectivity index (χ1) is 10.6. The number of hydrogen-bond acceptors (Lipinski definition) is 5. The Morgan fingerprint density at radius 3 is 2.41 bits per heavy atom. The van der Waals surface area contributed by atoms with Crippen molar-refractivity contribution < 1.29 is 4.79 Å². The van der Waals surface area contributed by atoms with Gasteiger partial charge in [-0.15, -0.1) is 29.6 Å². The second-order valence-corrected chi connectivity index (χ2v) is 5.19. The van der Waals surface area contributed by atoms with Crippen molar-refractivity contribution in [1.82, 2.24) is 15.5 Å². The van der Waals surface area contributed by atoms with Gasteiger partial charge in [-0.2, -0.15) is 5.10 Å². The molecule has 0 saturated carbocycles. The standard InChI is InChI=1S/C12H16N4OS.C2H6.C2H4/c1-4-5-14-11(17)10-9(13)8-6(2)7(3)15-16-12(8)18-10;2*1-2/h4-5,13H2,1-3H3,(H,14,17);1-2H3;1-2H2. The van der Waals surface area contributed by atoms with Gasteiger partial charge in [-0.1, -0.05) is 20.8 Å². The number of thiophene rings is 1. The van der Waals surface area contributed by atoms with E-state index in [-0.39, 0.29) is 5.91 Å². The summed E-state index contributed by atoms with van der Waals surface area (Å²) in [5, 5.41) is 11.8. The number of fused-ring (bicyclic) bond motifs is 1. The number of amides is 1. The predicted molar refractivity (Wildman–Crippen MR) is 96.5 cm³/mol. The first kappa shape index (κ1) is 20.1. The fourth-order valence-corrected chi connectivity index (χ4v) is 2.75. The van der Waals surface area contributed by atoms with Crippen molar-refractivity contribution in [3.8, 4) is 0 Å². The zero-order chi connectivity index (χ0) is 17.3. The number of aromatic nitrogens is 2. The topological polar surface area (TPSA) is 80.9 Å². The van der Waals surface area contributed by atoms with Crippen molar-refractivity contribution in [2.24, 2.45) is 0 Å². The Morgan fingerprint density at radius 1 is 1.27 bits per heavy atom. The summed E-state index contributed by atoms with van der Waals surface area (Å²) in [6, 6.07) is 0. The van der Waals surface area contributed by atoms with Crippen LogP contribution in [0.4, 0.5) is 5.69 Å². The number of aryl methyl sites for hydroxylation is 2. The van der Waals surface area contributed by atoms with Gasteiger partial charge in [0.15, 0.2) is 0 Å². The van der Waals surface area contributed by atoms with Gasteiger partial charge >= 0.3 is 0 Å². The molecule has 0 aromatic carbocycles. The van der Waals surface area contributed by atoms with E-state index >= 15 is 0 Å². The van der Waals surface area contributed by atoms with Gasteiger partial charge in [0, 0.05) is 11.9 Å². The first-order valence-corrected chi connectivity index (χ1v) is 8.18. The van der Waals surface area contributed by atoms with E-state index in [9.17, 15) is 4.79 Å². The number of nitrogens with one attached hydrogen (secondary N) is 1. The van der Waals surface area contributed by atoms with Crippen LogP contribution in [0.5, 0.6) is 0 Å². The van der Waals surface area contributed by atoms with Gasteiger partial charge in [0.05, 0.1) is 11.4 Å². The third-order valence-electron chi connectivity index (χ3n) is 2.88. The number of anilines is 1. The van der Waals surface area contributed by atoms with Crippen LogP contribution in [0.15, 0.2) is 13.2 Å². The van der Waals surface area contributed by atoms with Crippen LogP contribution in [-0.4, -0.2) is 22.6 Å². The third kappa shape index (κ3) is 4.27. The molecule has 0 saturated heterocycles. The highest BCUT2D eigenvalue weighted by Gasteiger charge is 2.19. The molecule has 0 aliphatic heterocycles. The van der Waals surface area contributed by atoms with Crippen LogP contribution in [0.25, 0.3) is 10.2 Å². The minimum atomic E-state index is -0.130. The summed E-state index contributed by atoms with van der Waals surface area (Å²) in [7, 11) is 0. The minimum absolute atomic E-state index is 0.130. The zero-order valence-corrected chi connectivity index (χ0v) is 14.9. The fraction of sp³-hybridized carbons (Fsp3) is 0.438. The fourth-order valence-electron chi connectivity index (χ4n) is 1.73. The van der Waals surface area contributed by atoms with E-state index in [1.165, 1.54) is 11.3 Å². The molecule has 3 N–H and O–H groups in total. The molecule has 5 nitrogen and oxygen atoms in total. The summed E-state index contributed by atoms with van der Waals surface area (Å²) in [5.74, 6) is -0.130. The van der Waals surface area contributed by atoms with Crippen LogP contribution >= 0.6 is 11.3 Å². The third-order valence-corrected chi connectivity index (χ3v) is 3.97. The first-order valence-electron chi connectivity index (χ1n) is 7.36. The molecular weight excluding hydrogens is 296 g/mol. The second-order valence-electron chi connectivity index (χ2n) is 4.19. The van der Waals surface area contributed by atoms with Gasteiger partial charge in [0.2, 0.25) is 0 Å². The molecule has 0 spiro atoms. The maximum absolute atomic E-state index is 12.0. The lowest BCUT2D eigenvalue weighted by atomic mass is 10.1. The van der Waals surface area contributed by atoms with Crippen LogP contribution < -0.4 is 11.1 Å². The molecule has 2 aromatic heterocycles. The molecule has 1 amide bonds. The quantitative estimate of drug-likeness (QED) is 0.841. The predicted octanol–water partition coefficient (Wildman–Crippen LogP) is 3.86. The Balaban J connectivity index is 0.00000102. The Kier molecular flexibility index (Phi) is 9.01. The Bertz CT molecular complexity index is 622. The van der Waals surface area contributed by atoms with Gasteiger partial charge in [0.1, 0.15) is 9.71 Å². The molecule has 122 valence electrons. The van der Waals surface area contributed by atoms with E-state index in [1.54, 1.807) is 0 Å². The lowest BCUT2D eigenvalue weighted by Crippen LogP contribution is -2.23. The summed E-state index contributed by atoms with van der Waals surface area (Å²) in [6.45, 7) is 16.5.